The van der Waals surface area contributed by atoms with E-state index in [1.54, 1.807) is 31.2 Å². The van der Waals surface area contributed by atoms with Crippen LogP contribution in [0.4, 0.5) is 5.00 Å². The van der Waals surface area contributed by atoms with E-state index in [9.17, 15) is 19.2 Å². The van der Waals surface area contributed by atoms with Crippen LogP contribution in [-0.4, -0.2) is 41.2 Å². The largest absolute Gasteiger partial charge is 0.462 e. The zero-order valence-corrected chi connectivity index (χ0v) is 18.5. The summed E-state index contributed by atoms with van der Waals surface area (Å²) in [6.07, 6.45) is 2.57. The highest BCUT2D eigenvalue weighted by molar-refractivity contribution is 7.17. The smallest absolute Gasteiger partial charge is 0.341 e. The van der Waals surface area contributed by atoms with Gasteiger partial charge in [0.1, 0.15) is 11.0 Å². The molecule has 1 aliphatic heterocycles. The standard InChI is InChI=1S/C23H24N2O5S/c1-4-30-23(29)18-16-10-9-12(2)11-17(16)31-20(18)24-19(26)13(3)25-21(27)14-7-5-6-8-15(14)22(25)28/h5-8,12-13H,4,9-11H2,1-3H3,(H,24,26). The van der Waals surface area contributed by atoms with Gasteiger partial charge in [0.15, 0.2) is 0 Å². The zero-order chi connectivity index (χ0) is 22.3. The van der Waals surface area contributed by atoms with Crippen LogP contribution in [0.5, 0.6) is 0 Å². The summed E-state index contributed by atoms with van der Waals surface area (Å²) in [5.41, 5.74) is 1.92. The van der Waals surface area contributed by atoms with Gasteiger partial charge < -0.3 is 10.1 Å². The summed E-state index contributed by atoms with van der Waals surface area (Å²) in [7, 11) is 0. The van der Waals surface area contributed by atoms with Crippen LogP contribution in [0.3, 0.4) is 0 Å². The van der Waals surface area contributed by atoms with Gasteiger partial charge in [0, 0.05) is 4.88 Å². The predicted octanol–water partition coefficient (Wildman–Crippen LogP) is 3.67. The fraction of sp³-hybridized carbons (Fsp3) is 0.391. The first-order valence-corrected chi connectivity index (χ1v) is 11.2. The third-order valence-electron chi connectivity index (χ3n) is 5.82. The Hall–Kier alpha value is -3.00. The number of thiophene rings is 1. The van der Waals surface area contributed by atoms with Crippen molar-refractivity contribution < 1.29 is 23.9 Å². The van der Waals surface area contributed by atoms with E-state index in [2.05, 4.69) is 12.2 Å². The number of hydrogen-bond acceptors (Lipinski definition) is 6. The summed E-state index contributed by atoms with van der Waals surface area (Å²) in [6, 6.07) is 5.49. The van der Waals surface area contributed by atoms with E-state index >= 15 is 0 Å². The number of hydrogen-bond donors (Lipinski definition) is 1. The van der Waals surface area contributed by atoms with Crippen LogP contribution < -0.4 is 5.32 Å². The molecule has 2 aliphatic rings. The molecule has 1 aliphatic carbocycles. The Balaban J connectivity index is 1.61. The van der Waals surface area contributed by atoms with Gasteiger partial charge in [-0.05, 0) is 56.7 Å². The lowest BCUT2D eigenvalue weighted by molar-refractivity contribution is -0.119. The second kappa shape index (κ2) is 8.26. The van der Waals surface area contributed by atoms with Gasteiger partial charge in [-0.3, -0.25) is 19.3 Å². The van der Waals surface area contributed by atoms with Crippen molar-refractivity contribution in [2.75, 3.05) is 11.9 Å². The normalized spacial score (nSPS) is 18.4. The fourth-order valence-corrected chi connectivity index (χ4v) is 5.55. The number of fused-ring (bicyclic) bond motifs is 2. The van der Waals surface area contributed by atoms with E-state index in [1.165, 1.54) is 18.3 Å². The first-order valence-electron chi connectivity index (χ1n) is 10.4. The Kier molecular flexibility index (Phi) is 5.66. The van der Waals surface area contributed by atoms with Crippen LogP contribution in [0.15, 0.2) is 24.3 Å². The molecule has 2 unspecified atom stereocenters. The minimum absolute atomic E-state index is 0.235. The second-order valence-corrected chi connectivity index (χ2v) is 9.07. The van der Waals surface area contributed by atoms with Crippen LogP contribution >= 0.6 is 11.3 Å². The molecule has 0 bridgehead atoms. The number of rotatable bonds is 5. The third-order valence-corrected chi connectivity index (χ3v) is 6.99. The van der Waals surface area contributed by atoms with Gasteiger partial charge in [-0.25, -0.2) is 4.79 Å². The molecule has 0 saturated carbocycles. The molecular weight excluding hydrogens is 416 g/mol. The number of nitrogens with one attached hydrogen (secondary N) is 1. The lowest BCUT2D eigenvalue weighted by Crippen LogP contribution is -2.45. The Morgan fingerprint density at radius 1 is 1.23 bits per heavy atom. The Morgan fingerprint density at radius 3 is 2.48 bits per heavy atom. The highest BCUT2D eigenvalue weighted by Gasteiger charge is 2.41. The Labute approximate surface area is 184 Å². The van der Waals surface area contributed by atoms with Crippen molar-refractivity contribution in [2.24, 2.45) is 5.92 Å². The van der Waals surface area contributed by atoms with Gasteiger partial charge in [-0.15, -0.1) is 11.3 Å². The van der Waals surface area contributed by atoms with Crippen LogP contribution in [0.25, 0.3) is 0 Å². The van der Waals surface area contributed by atoms with Gasteiger partial charge in [-0.1, -0.05) is 19.1 Å². The van der Waals surface area contributed by atoms with Gasteiger partial charge in [0.05, 0.1) is 23.3 Å². The van der Waals surface area contributed by atoms with Gasteiger partial charge in [0.25, 0.3) is 11.8 Å². The SMILES string of the molecule is CCOC(=O)c1c(NC(=O)C(C)N2C(=O)c3ccccc3C2=O)sc2c1CCC(C)C2. The summed E-state index contributed by atoms with van der Waals surface area (Å²) in [4.78, 5) is 53.2. The number of nitrogens with zero attached hydrogens (tertiary/aromatic N) is 1. The summed E-state index contributed by atoms with van der Waals surface area (Å²) in [5, 5.41) is 3.22. The maximum atomic E-state index is 13.0. The molecule has 1 N–H and O–H groups in total. The van der Waals surface area contributed by atoms with Crippen LogP contribution in [0.2, 0.25) is 0 Å². The number of amides is 3. The van der Waals surface area contributed by atoms with E-state index in [1.807, 2.05) is 0 Å². The van der Waals surface area contributed by atoms with Crippen molar-refractivity contribution >= 4 is 40.0 Å². The number of esters is 1. The predicted molar refractivity (Wildman–Crippen MR) is 116 cm³/mol. The van der Waals surface area contributed by atoms with Gasteiger partial charge in [-0.2, -0.15) is 0 Å². The molecule has 4 rings (SSSR count). The van der Waals surface area contributed by atoms with E-state index in [4.69, 9.17) is 4.74 Å². The molecule has 0 fully saturated rings. The zero-order valence-electron chi connectivity index (χ0n) is 17.7. The average molecular weight is 441 g/mol. The minimum atomic E-state index is -1.03. The summed E-state index contributed by atoms with van der Waals surface area (Å²) >= 11 is 1.38. The molecule has 2 aromatic rings. The van der Waals surface area contributed by atoms with E-state index in [0.29, 0.717) is 27.6 Å². The molecule has 0 spiro atoms. The second-order valence-electron chi connectivity index (χ2n) is 7.97. The molecule has 31 heavy (non-hydrogen) atoms. The van der Waals surface area contributed by atoms with Crippen LogP contribution in [-0.2, 0) is 22.4 Å². The molecule has 2 atom stereocenters. The fourth-order valence-electron chi connectivity index (χ4n) is 4.15. The molecule has 1 aromatic heterocycles. The topological polar surface area (TPSA) is 92.8 Å². The van der Waals surface area contributed by atoms with Gasteiger partial charge in [0.2, 0.25) is 5.91 Å². The number of benzene rings is 1. The van der Waals surface area contributed by atoms with E-state index in [-0.39, 0.29) is 6.61 Å². The van der Waals surface area contributed by atoms with Crippen molar-refractivity contribution in [1.82, 2.24) is 4.90 Å². The molecule has 0 saturated heterocycles. The summed E-state index contributed by atoms with van der Waals surface area (Å²) < 4.78 is 5.24. The quantitative estimate of drug-likeness (QED) is 0.566. The lowest BCUT2D eigenvalue weighted by Gasteiger charge is -2.21. The maximum absolute atomic E-state index is 13.0. The first kappa shape index (κ1) is 21.2. The van der Waals surface area contributed by atoms with Crippen molar-refractivity contribution in [3.63, 3.8) is 0 Å². The highest BCUT2D eigenvalue weighted by atomic mass is 32.1. The Bertz CT molecular complexity index is 1050. The van der Waals surface area contributed by atoms with Gasteiger partial charge >= 0.3 is 5.97 Å². The number of ether oxygens (including phenoxy) is 1. The van der Waals surface area contributed by atoms with Crippen molar-refractivity contribution in [1.29, 1.82) is 0 Å². The number of anilines is 1. The van der Waals surface area contributed by atoms with Crippen LogP contribution in [0, 0.1) is 5.92 Å². The highest BCUT2D eigenvalue weighted by Crippen LogP contribution is 2.40. The summed E-state index contributed by atoms with van der Waals surface area (Å²) in [5.74, 6) is -1.46. The third kappa shape index (κ3) is 3.65. The average Bonchev–Trinajstić information content (AvgIpc) is 3.22. The van der Waals surface area contributed by atoms with Crippen LogP contribution in [0.1, 0.15) is 68.7 Å². The molecule has 3 amide bonds. The van der Waals surface area contributed by atoms with Crippen molar-refractivity contribution in [3.8, 4) is 0 Å². The van der Waals surface area contributed by atoms with E-state index < -0.39 is 29.7 Å². The molecule has 7 nitrogen and oxygen atoms in total. The van der Waals surface area contributed by atoms with Crippen molar-refractivity contribution in [2.45, 2.75) is 46.1 Å². The van der Waals surface area contributed by atoms with E-state index in [0.717, 1.165) is 34.6 Å². The summed E-state index contributed by atoms with van der Waals surface area (Å²) in [6.45, 7) is 5.64. The lowest BCUT2D eigenvalue weighted by atomic mass is 9.88. The molecule has 0 radical (unpaired) electrons. The molecular formula is C23H24N2O5S. The minimum Gasteiger partial charge on any atom is -0.462 e. The van der Waals surface area contributed by atoms with Crippen molar-refractivity contribution in [3.05, 3.63) is 51.4 Å². The first-order chi connectivity index (χ1) is 14.8. The monoisotopic (exact) mass is 440 g/mol. The molecule has 2 heterocycles. The number of carbonyl (C=O) groups excluding carboxylic acids is 4. The molecule has 8 heteroatoms. The molecule has 1 aromatic carbocycles. The Morgan fingerprint density at radius 2 is 1.87 bits per heavy atom. The maximum Gasteiger partial charge on any atom is 0.341 e. The number of imide groups is 1. The molecule has 162 valence electrons. The number of carbonyl (C=O) groups is 4.